The van der Waals surface area contributed by atoms with Crippen LogP contribution in [-0.2, 0) is 14.4 Å². The summed E-state index contributed by atoms with van der Waals surface area (Å²) in [7, 11) is 0. The van der Waals surface area contributed by atoms with E-state index in [0.29, 0.717) is 31.9 Å². The molecule has 4 rings (SSSR count). The van der Waals surface area contributed by atoms with Gasteiger partial charge in [0, 0.05) is 52.1 Å². The molecule has 150 valence electrons. The van der Waals surface area contributed by atoms with Crippen molar-refractivity contribution in [2.24, 2.45) is 11.3 Å². The standard InChI is InChI=1S/C21H27N3O4/c1-16(25)23-11-17-12-24(19(26)13-28-18-7-3-2-4-8-18)15-21(17,14-23)20(27)22-9-5-6-10-22/h2-4,7-8,17H,5-6,9-15H2,1H3/t17-,21-/m0/s1. The van der Waals surface area contributed by atoms with Crippen molar-refractivity contribution in [2.75, 3.05) is 45.9 Å². The number of ether oxygens (including phenoxy) is 1. The van der Waals surface area contributed by atoms with Crippen LogP contribution in [0.2, 0.25) is 0 Å². The van der Waals surface area contributed by atoms with Crippen molar-refractivity contribution < 1.29 is 19.1 Å². The number of rotatable bonds is 4. The zero-order chi connectivity index (χ0) is 19.7. The molecule has 0 radical (unpaired) electrons. The van der Waals surface area contributed by atoms with Gasteiger partial charge in [-0.1, -0.05) is 18.2 Å². The van der Waals surface area contributed by atoms with Crippen LogP contribution in [0.4, 0.5) is 0 Å². The number of likely N-dealkylation sites (tertiary alicyclic amines) is 3. The van der Waals surface area contributed by atoms with Crippen molar-refractivity contribution in [3.63, 3.8) is 0 Å². The SMILES string of the molecule is CC(=O)N1C[C@H]2CN(C(=O)COc3ccccc3)C[C@@]2(C(=O)N2CCCC2)C1. The van der Waals surface area contributed by atoms with Crippen LogP contribution >= 0.6 is 0 Å². The molecule has 0 N–H and O–H groups in total. The predicted octanol–water partition coefficient (Wildman–Crippen LogP) is 0.995. The first kappa shape index (κ1) is 18.8. The Morgan fingerprint density at radius 1 is 1.00 bits per heavy atom. The number of hydrogen-bond acceptors (Lipinski definition) is 4. The minimum atomic E-state index is -0.668. The molecule has 2 atom stereocenters. The van der Waals surface area contributed by atoms with Gasteiger partial charge in [0.15, 0.2) is 6.61 Å². The second-order valence-electron chi connectivity index (χ2n) is 8.13. The zero-order valence-corrected chi connectivity index (χ0v) is 16.3. The lowest BCUT2D eigenvalue weighted by molar-refractivity contribution is -0.142. The van der Waals surface area contributed by atoms with Crippen molar-refractivity contribution in [1.82, 2.24) is 14.7 Å². The van der Waals surface area contributed by atoms with Crippen molar-refractivity contribution in [2.45, 2.75) is 19.8 Å². The maximum Gasteiger partial charge on any atom is 0.260 e. The third-order valence-corrected chi connectivity index (χ3v) is 6.33. The van der Waals surface area contributed by atoms with Gasteiger partial charge in [0.2, 0.25) is 11.8 Å². The van der Waals surface area contributed by atoms with E-state index in [2.05, 4.69) is 0 Å². The van der Waals surface area contributed by atoms with Crippen LogP contribution in [0.1, 0.15) is 19.8 Å². The lowest BCUT2D eigenvalue weighted by atomic mass is 9.79. The summed E-state index contributed by atoms with van der Waals surface area (Å²) in [6.45, 7) is 4.88. The van der Waals surface area contributed by atoms with Gasteiger partial charge in [-0.15, -0.1) is 0 Å². The normalized spacial score (nSPS) is 26.5. The Hall–Kier alpha value is -2.57. The molecular weight excluding hydrogens is 358 g/mol. The molecule has 0 unspecified atom stereocenters. The Kier molecular flexibility index (Phi) is 5.00. The van der Waals surface area contributed by atoms with E-state index in [1.54, 1.807) is 16.7 Å². The zero-order valence-electron chi connectivity index (χ0n) is 16.3. The highest BCUT2D eigenvalue weighted by Gasteiger charge is 2.59. The second kappa shape index (κ2) is 7.45. The number of benzene rings is 1. The summed E-state index contributed by atoms with van der Waals surface area (Å²) in [5.74, 6) is 0.638. The molecule has 3 heterocycles. The molecule has 7 nitrogen and oxygen atoms in total. The summed E-state index contributed by atoms with van der Waals surface area (Å²) in [6, 6.07) is 9.25. The molecule has 3 fully saturated rings. The van der Waals surface area contributed by atoms with Crippen LogP contribution < -0.4 is 4.74 Å². The number of para-hydroxylation sites is 1. The Bertz CT molecular complexity index is 762. The van der Waals surface area contributed by atoms with Crippen molar-refractivity contribution in [1.29, 1.82) is 0 Å². The Morgan fingerprint density at radius 3 is 2.32 bits per heavy atom. The van der Waals surface area contributed by atoms with Gasteiger partial charge in [-0.3, -0.25) is 14.4 Å². The summed E-state index contributed by atoms with van der Waals surface area (Å²) in [4.78, 5) is 43.5. The Labute approximate surface area is 165 Å². The summed E-state index contributed by atoms with van der Waals surface area (Å²) in [5.41, 5.74) is -0.668. The first-order chi connectivity index (χ1) is 13.5. The summed E-state index contributed by atoms with van der Waals surface area (Å²) in [5, 5.41) is 0. The lowest BCUT2D eigenvalue weighted by Gasteiger charge is -2.32. The smallest absolute Gasteiger partial charge is 0.260 e. The molecule has 0 spiro atoms. The number of carbonyl (C=O) groups is 3. The highest BCUT2D eigenvalue weighted by molar-refractivity contribution is 5.88. The van der Waals surface area contributed by atoms with Gasteiger partial charge < -0.3 is 19.4 Å². The van der Waals surface area contributed by atoms with Gasteiger partial charge >= 0.3 is 0 Å². The number of nitrogens with zero attached hydrogens (tertiary/aromatic N) is 3. The van der Waals surface area contributed by atoms with Crippen LogP contribution in [-0.4, -0.2) is 78.3 Å². The first-order valence-corrected chi connectivity index (χ1v) is 10.00. The number of carbonyl (C=O) groups excluding carboxylic acids is 3. The Balaban J connectivity index is 1.47. The number of amides is 3. The largest absolute Gasteiger partial charge is 0.484 e. The third-order valence-electron chi connectivity index (χ3n) is 6.33. The second-order valence-corrected chi connectivity index (χ2v) is 8.13. The molecule has 0 bridgehead atoms. The van der Waals surface area contributed by atoms with E-state index in [-0.39, 0.29) is 30.2 Å². The molecule has 3 amide bonds. The van der Waals surface area contributed by atoms with Crippen LogP contribution in [0.25, 0.3) is 0 Å². The molecule has 0 aliphatic carbocycles. The molecule has 3 saturated heterocycles. The van der Waals surface area contributed by atoms with Crippen LogP contribution in [0.5, 0.6) is 5.75 Å². The van der Waals surface area contributed by atoms with Gasteiger partial charge in [0.05, 0.1) is 5.41 Å². The monoisotopic (exact) mass is 385 g/mol. The van der Waals surface area contributed by atoms with Crippen molar-refractivity contribution >= 4 is 17.7 Å². The van der Waals surface area contributed by atoms with E-state index < -0.39 is 5.41 Å². The Morgan fingerprint density at radius 2 is 1.64 bits per heavy atom. The number of hydrogen-bond donors (Lipinski definition) is 0. The quantitative estimate of drug-likeness (QED) is 0.775. The maximum atomic E-state index is 13.4. The van der Waals surface area contributed by atoms with Gasteiger partial charge in [0.25, 0.3) is 5.91 Å². The van der Waals surface area contributed by atoms with E-state index in [1.165, 1.54) is 0 Å². The van der Waals surface area contributed by atoms with E-state index in [1.807, 2.05) is 35.2 Å². The topological polar surface area (TPSA) is 70.2 Å². The van der Waals surface area contributed by atoms with Gasteiger partial charge in [-0.25, -0.2) is 0 Å². The van der Waals surface area contributed by atoms with Gasteiger partial charge in [0.1, 0.15) is 5.75 Å². The molecule has 1 aromatic carbocycles. The van der Waals surface area contributed by atoms with E-state index in [4.69, 9.17) is 4.74 Å². The highest BCUT2D eigenvalue weighted by atomic mass is 16.5. The predicted molar refractivity (Wildman–Crippen MR) is 103 cm³/mol. The molecule has 7 heteroatoms. The average molecular weight is 385 g/mol. The van der Waals surface area contributed by atoms with Crippen LogP contribution in [0.3, 0.4) is 0 Å². The van der Waals surface area contributed by atoms with Crippen LogP contribution in [0.15, 0.2) is 30.3 Å². The fourth-order valence-corrected chi connectivity index (χ4v) is 4.79. The molecule has 3 aliphatic rings. The average Bonchev–Trinajstić information content (AvgIpc) is 3.40. The molecular formula is C21H27N3O4. The van der Waals surface area contributed by atoms with E-state index in [9.17, 15) is 14.4 Å². The summed E-state index contributed by atoms with van der Waals surface area (Å²) >= 11 is 0. The van der Waals surface area contributed by atoms with Gasteiger partial charge in [-0.05, 0) is 25.0 Å². The first-order valence-electron chi connectivity index (χ1n) is 10.00. The highest BCUT2D eigenvalue weighted by Crippen LogP contribution is 2.44. The maximum absolute atomic E-state index is 13.4. The lowest BCUT2D eigenvalue weighted by Crippen LogP contribution is -2.49. The molecule has 0 aromatic heterocycles. The number of fused-ring (bicyclic) bond motifs is 1. The molecule has 28 heavy (non-hydrogen) atoms. The van der Waals surface area contributed by atoms with Crippen molar-refractivity contribution in [3.8, 4) is 5.75 Å². The summed E-state index contributed by atoms with van der Waals surface area (Å²) in [6.07, 6.45) is 2.05. The van der Waals surface area contributed by atoms with Crippen LogP contribution in [0, 0.1) is 11.3 Å². The fourth-order valence-electron chi connectivity index (χ4n) is 4.79. The molecule has 0 saturated carbocycles. The molecule has 3 aliphatic heterocycles. The third kappa shape index (κ3) is 3.34. The fraction of sp³-hybridized carbons (Fsp3) is 0.571. The minimum Gasteiger partial charge on any atom is -0.484 e. The molecule has 1 aromatic rings. The van der Waals surface area contributed by atoms with Gasteiger partial charge in [-0.2, -0.15) is 0 Å². The van der Waals surface area contributed by atoms with Crippen molar-refractivity contribution in [3.05, 3.63) is 30.3 Å². The van der Waals surface area contributed by atoms with E-state index in [0.717, 1.165) is 25.9 Å². The van der Waals surface area contributed by atoms with E-state index >= 15 is 0 Å². The minimum absolute atomic E-state index is 0.00622. The summed E-state index contributed by atoms with van der Waals surface area (Å²) < 4.78 is 5.60.